The van der Waals surface area contributed by atoms with Crippen molar-refractivity contribution in [1.82, 2.24) is 9.97 Å². The van der Waals surface area contributed by atoms with Crippen LogP contribution in [0.4, 0.5) is 0 Å². The van der Waals surface area contributed by atoms with Gasteiger partial charge in [-0.1, -0.05) is 25.7 Å². The SMILES string of the molecule is O=C(O)C1CCc2nc(CC3CCCC3)[nH]c2C1. The summed E-state index contributed by atoms with van der Waals surface area (Å²) in [6, 6.07) is 0. The maximum absolute atomic E-state index is 11.0. The fourth-order valence-corrected chi connectivity index (χ4v) is 3.34. The van der Waals surface area contributed by atoms with E-state index in [0.29, 0.717) is 6.42 Å². The second kappa shape index (κ2) is 4.75. The van der Waals surface area contributed by atoms with Crippen molar-refractivity contribution in [2.75, 3.05) is 0 Å². The number of aromatic amines is 1. The normalized spacial score (nSPS) is 24.1. The van der Waals surface area contributed by atoms with Crippen molar-refractivity contribution < 1.29 is 9.90 Å². The molecule has 2 aliphatic rings. The standard InChI is InChI=1S/C14H20N2O2/c17-14(18)10-5-6-11-12(8-10)16-13(15-11)7-9-3-1-2-4-9/h9-10H,1-8H2,(H,15,16)(H,17,18). The minimum atomic E-state index is -0.674. The summed E-state index contributed by atoms with van der Waals surface area (Å²) < 4.78 is 0. The van der Waals surface area contributed by atoms with E-state index >= 15 is 0 Å². The number of nitrogens with one attached hydrogen (secondary N) is 1. The summed E-state index contributed by atoms with van der Waals surface area (Å²) >= 11 is 0. The Bertz CT molecular complexity index is 447. The minimum Gasteiger partial charge on any atom is -0.481 e. The molecule has 2 N–H and O–H groups in total. The molecule has 0 aliphatic heterocycles. The van der Waals surface area contributed by atoms with Gasteiger partial charge >= 0.3 is 5.97 Å². The van der Waals surface area contributed by atoms with Crippen LogP contribution in [-0.2, 0) is 24.1 Å². The number of hydrogen-bond acceptors (Lipinski definition) is 2. The van der Waals surface area contributed by atoms with Crippen LogP contribution in [0, 0.1) is 11.8 Å². The Kier molecular flexibility index (Phi) is 3.10. The Hall–Kier alpha value is -1.32. The molecule has 1 fully saturated rings. The number of nitrogens with zero attached hydrogens (tertiary/aromatic N) is 1. The molecule has 4 nitrogen and oxygen atoms in total. The van der Waals surface area contributed by atoms with Crippen molar-refractivity contribution in [2.24, 2.45) is 11.8 Å². The van der Waals surface area contributed by atoms with Crippen LogP contribution in [0.25, 0.3) is 0 Å². The van der Waals surface area contributed by atoms with E-state index in [9.17, 15) is 4.79 Å². The molecule has 0 saturated heterocycles. The zero-order chi connectivity index (χ0) is 12.5. The maximum atomic E-state index is 11.0. The van der Waals surface area contributed by atoms with Crippen LogP contribution in [0.5, 0.6) is 0 Å². The number of aryl methyl sites for hydroxylation is 1. The second-order valence-electron chi connectivity index (χ2n) is 5.74. The molecule has 0 radical (unpaired) electrons. The number of aliphatic carboxylic acids is 1. The van der Waals surface area contributed by atoms with Crippen molar-refractivity contribution in [1.29, 1.82) is 0 Å². The smallest absolute Gasteiger partial charge is 0.306 e. The van der Waals surface area contributed by atoms with Gasteiger partial charge in [0.05, 0.1) is 11.6 Å². The lowest BCUT2D eigenvalue weighted by Gasteiger charge is -2.16. The highest BCUT2D eigenvalue weighted by molar-refractivity contribution is 5.70. The van der Waals surface area contributed by atoms with E-state index in [-0.39, 0.29) is 5.92 Å². The first-order valence-corrected chi connectivity index (χ1v) is 7.02. The van der Waals surface area contributed by atoms with Crippen LogP contribution < -0.4 is 0 Å². The monoisotopic (exact) mass is 248 g/mol. The number of rotatable bonds is 3. The molecule has 0 amide bonds. The number of imidazole rings is 1. The van der Waals surface area contributed by atoms with E-state index in [1.54, 1.807) is 0 Å². The van der Waals surface area contributed by atoms with Crippen molar-refractivity contribution >= 4 is 5.97 Å². The van der Waals surface area contributed by atoms with Crippen LogP contribution in [0.15, 0.2) is 0 Å². The van der Waals surface area contributed by atoms with Gasteiger partial charge in [-0.05, 0) is 18.8 Å². The van der Waals surface area contributed by atoms with Crippen LogP contribution >= 0.6 is 0 Å². The molecule has 0 spiro atoms. The van der Waals surface area contributed by atoms with Gasteiger partial charge in [0, 0.05) is 18.5 Å². The predicted molar refractivity (Wildman–Crippen MR) is 67.4 cm³/mol. The molecule has 18 heavy (non-hydrogen) atoms. The minimum absolute atomic E-state index is 0.225. The van der Waals surface area contributed by atoms with Crippen LogP contribution in [-0.4, -0.2) is 21.0 Å². The number of H-pyrrole nitrogens is 1. The highest BCUT2D eigenvalue weighted by Gasteiger charge is 2.27. The lowest BCUT2D eigenvalue weighted by atomic mass is 9.90. The number of carbonyl (C=O) groups is 1. The predicted octanol–water partition coefficient (Wildman–Crippen LogP) is 2.33. The van der Waals surface area contributed by atoms with E-state index in [0.717, 1.165) is 42.4 Å². The van der Waals surface area contributed by atoms with E-state index in [2.05, 4.69) is 9.97 Å². The fraction of sp³-hybridized carbons (Fsp3) is 0.714. The highest BCUT2D eigenvalue weighted by atomic mass is 16.4. The van der Waals surface area contributed by atoms with E-state index in [1.165, 1.54) is 25.7 Å². The first-order chi connectivity index (χ1) is 8.72. The van der Waals surface area contributed by atoms with Gasteiger partial charge in [0.1, 0.15) is 5.82 Å². The third-order valence-corrected chi connectivity index (χ3v) is 4.40. The van der Waals surface area contributed by atoms with Gasteiger partial charge < -0.3 is 10.1 Å². The topological polar surface area (TPSA) is 66.0 Å². The summed E-state index contributed by atoms with van der Waals surface area (Å²) in [6.07, 6.45) is 8.57. The van der Waals surface area contributed by atoms with E-state index < -0.39 is 5.97 Å². The summed E-state index contributed by atoms with van der Waals surface area (Å²) in [4.78, 5) is 19.0. The summed E-state index contributed by atoms with van der Waals surface area (Å²) in [5.41, 5.74) is 2.18. The molecule has 0 bridgehead atoms. The van der Waals surface area contributed by atoms with Crippen molar-refractivity contribution in [3.05, 3.63) is 17.2 Å². The van der Waals surface area contributed by atoms with Gasteiger partial charge in [-0.3, -0.25) is 4.79 Å². The molecule has 4 heteroatoms. The molecule has 1 heterocycles. The molecule has 3 rings (SSSR count). The summed E-state index contributed by atoms with van der Waals surface area (Å²) in [7, 11) is 0. The second-order valence-corrected chi connectivity index (χ2v) is 5.74. The molecule has 98 valence electrons. The summed E-state index contributed by atoms with van der Waals surface area (Å²) in [6.45, 7) is 0. The largest absolute Gasteiger partial charge is 0.481 e. The van der Waals surface area contributed by atoms with Gasteiger partial charge in [-0.2, -0.15) is 0 Å². The number of hydrogen-bond donors (Lipinski definition) is 2. The first kappa shape index (κ1) is 11.8. The zero-order valence-electron chi connectivity index (χ0n) is 10.6. The van der Waals surface area contributed by atoms with Crippen molar-refractivity contribution in [3.8, 4) is 0 Å². The van der Waals surface area contributed by atoms with E-state index in [1.807, 2.05) is 0 Å². The molecular formula is C14H20N2O2. The zero-order valence-corrected chi connectivity index (χ0v) is 10.6. The third kappa shape index (κ3) is 2.28. The number of carboxylic acids is 1. The molecule has 1 aromatic heterocycles. The van der Waals surface area contributed by atoms with E-state index in [4.69, 9.17) is 5.11 Å². The Balaban J connectivity index is 1.70. The molecule has 2 aliphatic carbocycles. The Labute approximate surface area is 107 Å². The molecule has 1 atom stereocenters. The molecule has 1 saturated carbocycles. The lowest BCUT2D eigenvalue weighted by molar-refractivity contribution is -0.142. The summed E-state index contributed by atoms with van der Waals surface area (Å²) in [5.74, 6) is 0.968. The fourth-order valence-electron chi connectivity index (χ4n) is 3.34. The van der Waals surface area contributed by atoms with Crippen molar-refractivity contribution in [3.63, 3.8) is 0 Å². The van der Waals surface area contributed by atoms with Gasteiger partial charge in [-0.25, -0.2) is 4.98 Å². The Morgan fingerprint density at radius 3 is 2.83 bits per heavy atom. The maximum Gasteiger partial charge on any atom is 0.306 e. The van der Waals surface area contributed by atoms with Gasteiger partial charge in [0.25, 0.3) is 0 Å². The summed E-state index contributed by atoms with van der Waals surface area (Å²) in [5, 5.41) is 9.07. The van der Waals surface area contributed by atoms with Crippen molar-refractivity contribution in [2.45, 2.75) is 51.4 Å². The van der Waals surface area contributed by atoms with Crippen LogP contribution in [0.2, 0.25) is 0 Å². The number of aromatic nitrogens is 2. The lowest BCUT2D eigenvalue weighted by Crippen LogP contribution is -2.22. The highest BCUT2D eigenvalue weighted by Crippen LogP contribution is 2.29. The van der Waals surface area contributed by atoms with Crippen LogP contribution in [0.3, 0.4) is 0 Å². The van der Waals surface area contributed by atoms with Crippen LogP contribution in [0.1, 0.15) is 49.3 Å². The molecule has 0 aromatic carbocycles. The first-order valence-electron chi connectivity index (χ1n) is 7.02. The Morgan fingerprint density at radius 1 is 1.33 bits per heavy atom. The molecule has 1 aromatic rings. The van der Waals surface area contributed by atoms with Gasteiger partial charge in [-0.15, -0.1) is 0 Å². The number of carboxylic acid groups (broad SMARTS) is 1. The van der Waals surface area contributed by atoms with Gasteiger partial charge in [0.2, 0.25) is 0 Å². The quantitative estimate of drug-likeness (QED) is 0.862. The number of fused-ring (bicyclic) bond motifs is 1. The average molecular weight is 248 g/mol. The molecular weight excluding hydrogens is 228 g/mol. The average Bonchev–Trinajstić information content (AvgIpc) is 2.96. The third-order valence-electron chi connectivity index (χ3n) is 4.40. The van der Waals surface area contributed by atoms with Gasteiger partial charge in [0.15, 0.2) is 0 Å². The molecule has 1 unspecified atom stereocenters. The Morgan fingerprint density at radius 2 is 2.11 bits per heavy atom.